The Hall–Kier alpha value is -2.04. The van der Waals surface area contributed by atoms with E-state index < -0.39 is 5.60 Å². The summed E-state index contributed by atoms with van der Waals surface area (Å²) in [6, 6.07) is 5.93. The Morgan fingerprint density at radius 2 is 2.13 bits per heavy atom. The molecule has 0 unspecified atom stereocenters. The molecule has 0 radical (unpaired) electrons. The number of amides is 1. The van der Waals surface area contributed by atoms with E-state index in [1.807, 2.05) is 49.7 Å². The SMILES string of the molecule is CCc1nn2ccccc2c1N(CC1CC1)C(=O)OC(C)(C)C. The van der Waals surface area contributed by atoms with E-state index in [0.717, 1.165) is 23.3 Å². The molecule has 1 fully saturated rings. The lowest BCUT2D eigenvalue weighted by atomic mass is 10.2. The number of hydrogen-bond donors (Lipinski definition) is 0. The topological polar surface area (TPSA) is 46.8 Å². The summed E-state index contributed by atoms with van der Waals surface area (Å²) in [5.41, 5.74) is 2.28. The minimum Gasteiger partial charge on any atom is -0.443 e. The number of nitrogens with zero attached hydrogens (tertiary/aromatic N) is 3. The lowest BCUT2D eigenvalue weighted by molar-refractivity contribution is 0.0578. The maximum atomic E-state index is 12.8. The first-order chi connectivity index (χ1) is 10.9. The normalized spacial score (nSPS) is 15.0. The first kappa shape index (κ1) is 15.8. The van der Waals surface area contributed by atoms with Crippen LogP contribution in [0.25, 0.3) is 5.52 Å². The third-order valence-corrected chi connectivity index (χ3v) is 3.94. The van der Waals surface area contributed by atoms with Gasteiger partial charge in [-0.1, -0.05) is 13.0 Å². The summed E-state index contributed by atoms with van der Waals surface area (Å²) < 4.78 is 7.50. The summed E-state index contributed by atoms with van der Waals surface area (Å²) in [4.78, 5) is 14.6. The van der Waals surface area contributed by atoms with Crippen LogP contribution in [-0.4, -0.2) is 27.9 Å². The molecule has 3 rings (SSSR count). The monoisotopic (exact) mass is 315 g/mol. The molecule has 0 saturated heterocycles. The fourth-order valence-electron chi connectivity index (χ4n) is 2.70. The predicted molar refractivity (Wildman–Crippen MR) is 90.9 cm³/mol. The molecule has 0 aromatic carbocycles. The van der Waals surface area contributed by atoms with Gasteiger partial charge in [0.05, 0.1) is 16.9 Å². The van der Waals surface area contributed by atoms with Crippen molar-refractivity contribution in [2.75, 3.05) is 11.4 Å². The van der Waals surface area contributed by atoms with Crippen molar-refractivity contribution in [3.05, 3.63) is 30.1 Å². The predicted octanol–water partition coefficient (Wildman–Crippen LogP) is 4.05. The van der Waals surface area contributed by atoms with E-state index in [-0.39, 0.29) is 6.09 Å². The minimum atomic E-state index is -0.506. The lowest BCUT2D eigenvalue weighted by Crippen LogP contribution is -2.38. The van der Waals surface area contributed by atoms with E-state index in [2.05, 4.69) is 12.0 Å². The first-order valence-electron chi connectivity index (χ1n) is 8.36. The zero-order valence-electron chi connectivity index (χ0n) is 14.4. The molecule has 124 valence electrons. The van der Waals surface area contributed by atoms with Gasteiger partial charge in [-0.3, -0.25) is 4.90 Å². The standard InChI is InChI=1S/C18H25N3O2/c1-5-14-16(15-8-6-7-11-21(15)19-14)20(12-13-9-10-13)17(22)23-18(2,3)4/h6-8,11,13H,5,9-10,12H2,1-4H3. The fourth-order valence-corrected chi connectivity index (χ4v) is 2.70. The molecule has 23 heavy (non-hydrogen) atoms. The van der Waals surface area contributed by atoms with E-state index in [1.54, 1.807) is 4.90 Å². The molecule has 2 aromatic rings. The summed E-state index contributed by atoms with van der Waals surface area (Å²) in [6.45, 7) is 8.47. The highest BCUT2D eigenvalue weighted by Crippen LogP contribution is 2.35. The van der Waals surface area contributed by atoms with Gasteiger partial charge in [-0.05, 0) is 58.1 Å². The molecule has 5 nitrogen and oxygen atoms in total. The zero-order valence-corrected chi connectivity index (χ0v) is 14.4. The van der Waals surface area contributed by atoms with Gasteiger partial charge in [-0.25, -0.2) is 9.31 Å². The first-order valence-corrected chi connectivity index (χ1v) is 8.36. The zero-order chi connectivity index (χ0) is 16.6. The number of aromatic nitrogens is 2. The number of carbonyl (C=O) groups excluding carboxylic acids is 1. The maximum Gasteiger partial charge on any atom is 0.414 e. The quantitative estimate of drug-likeness (QED) is 0.855. The maximum absolute atomic E-state index is 12.8. The molecule has 0 atom stereocenters. The van der Waals surface area contributed by atoms with Crippen molar-refractivity contribution < 1.29 is 9.53 Å². The lowest BCUT2D eigenvalue weighted by Gasteiger charge is -2.27. The molecule has 1 saturated carbocycles. The molecule has 2 heterocycles. The van der Waals surface area contributed by atoms with Crippen LogP contribution in [0.2, 0.25) is 0 Å². The summed E-state index contributed by atoms with van der Waals surface area (Å²) in [5, 5.41) is 4.63. The molecule has 0 spiro atoms. The van der Waals surface area contributed by atoms with Crippen molar-refractivity contribution in [2.24, 2.45) is 5.92 Å². The van der Waals surface area contributed by atoms with Crippen LogP contribution >= 0.6 is 0 Å². The van der Waals surface area contributed by atoms with Crippen molar-refractivity contribution in [3.8, 4) is 0 Å². The number of hydrogen-bond acceptors (Lipinski definition) is 3. The summed E-state index contributed by atoms with van der Waals surface area (Å²) in [7, 11) is 0. The third-order valence-electron chi connectivity index (χ3n) is 3.94. The Kier molecular flexibility index (Phi) is 4.04. The van der Waals surface area contributed by atoms with Gasteiger partial charge in [0.15, 0.2) is 0 Å². The highest BCUT2D eigenvalue weighted by Gasteiger charge is 2.33. The smallest absolute Gasteiger partial charge is 0.414 e. The van der Waals surface area contributed by atoms with Gasteiger partial charge in [-0.2, -0.15) is 5.10 Å². The third kappa shape index (κ3) is 3.49. The Balaban J connectivity index is 2.03. The molecule has 5 heteroatoms. The summed E-state index contributed by atoms with van der Waals surface area (Å²) >= 11 is 0. The van der Waals surface area contributed by atoms with Gasteiger partial charge in [0.2, 0.25) is 0 Å². The molecule has 0 N–H and O–H groups in total. The average Bonchev–Trinajstić information content (AvgIpc) is 3.22. The highest BCUT2D eigenvalue weighted by atomic mass is 16.6. The van der Waals surface area contributed by atoms with Crippen LogP contribution < -0.4 is 4.90 Å². The number of ether oxygens (including phenoxy) is 1. The van der Waals surface area contributed by atoms with E-state index in [1.165, 1.54) is 12.8 Å². The molecule has 0 aliphatic heterocycles. The average molecular weight is 315 g/mol. The Morgan fingerprint density at radius 3 is 2.74 bits per heavy atom. The van der Waals surface area contributed by atoms with Gasteiger partial charge in [-0.15, -0.1) is 0 Å². The molecular formula is C18H25N3O2. The van der Waals surface area contributed by atoms with Crippen LogP contribution in [0.15, 0.2) is 24.4 Å². The fraction of sp³-hybridized carbons (Fsp3) is 0.556. The van der Waals surface area contributed by atoms with Crippen LogP contribution in [0.4, 0.5) is 10.5 Å². The van der Waals surface area contributed by atoms with Crippen molar-refractivity contribution in [1.29, 1.82) is 0 Å². The Morgan fingerprint density at radius 1 is 1.39 bits per heavy atom. The molecule has 2 aromatic heterocycles. The van der Waals surface area contributed by atoms with E-state index in [4.69, 9.17) is 4.74 Å². The number of anilines is 1. The molecular weight excluding hydrogens is 290 g/mol. The van der Waals surface area contributed by atoms with E-state index in [9.17, 15) is 4.79 Å². The van der Waals surface area contributed by atoms with Crippen LogP contribution in [0, 0.1) is 5.92 Å². The second-order valence-corrected chi connectivity index (χ2v) is 7.21. The van der Waals surface area contributed by atoms with Gasteiger partial charge in [0.25, 0.3) is 0 Å². The van der Waals surface area contributed by atoms with Crippen molar-refractivity contribution in [1.82, 2.24) is 9.61 Å². The molecule has 1 amide bonds. The highest BCUT2D eigenvalue weighted by molar-refractivity contribution is 5.94. The van der Waals surface area contributed by atoms with E-state index in [0.29, 0.717) is 12.5 Å². The van der Waals surface area contributed by atoms with Gasteiger partial charge < -0.3 is 4.74 Å². The number of fused-ring (bicyclic) bond motifs is 1. The van der Waals surface area contributed by atoms with E-state index >= 15 is 0 Å². The second kappa shape index (κ2) is 5.87. The molecule has 0 bridgehead atoms. The van der Waals surface area contributed by atoms with Crippen molar-refractivity contribution >= 4 is 17.3 Å². The number of rotatable bonds is 4. The Labute approximate surface area is 137 Å². The van der Waals surface area contributed by atoms with Crippen molar-refractivity contribution in [2.45, 2.75) is 52.6 Å². The van der Waals surface area contributed by atoms with Gasteiger partial charge >= 0.3 is 6.09 Å². The number of aryl methyl sites for hydroxylation is 1. The van der Waals surface area contributed by atoms with Crippen LogP contribution in [-0.2, 0) is 11.2 Å². The second-order valence-electron chi connectivity index (χ2n) is 7.21. The van der Waals surface area contributed by atoms with Gasteiger partial charge in [0, 0.05) is 12.7 Å². The minimum absolute atomic E-state index is 0.280. The van der Waals surface area contributed by atoms with Crippen LogP contribution in [0.1, 0.15) is 46.2 Å². The number of pyridine rings is 1. The molecule has 1 aliphatic rings. The van der Waals surface area contributed by atoms with Crippen LogP contribution in [0.5, 0.6) is 0 Å². The summed E-state index contributed by atoms with van der Waals surface area (Å²) in [6.07, 6.45) is 4.78. The van der Waals surface area contributed by atoms with Crippen LogP contribution in [0.3, 0.4) is 0 Å². The number of carbonyl (C=O) groups is 1. The summed E-state index contributed by atoms with van der Waals surface area (Å²) in [5.74, 6) is 0.575. The largest absolute Gasteiger partial charge is 0.443 e. The van der Waals surface area contributed by atoms with Gasteiger partial charge in [0.1, 0.15) is 5.60 Å². The Bertz CT molecular complexity index is 711. The molecule has 1 aliphatic carbocycles. The van der Waals surface area contributed by atoms with Crippen molar-refractivity contribution in [3.63, 3.8) is 0 Å².